The minimum atomic E-state index is -0.347. The van der Waals surface area contributed by atoms with Crippen LogP contribution in [0.25, 0.3) is 0 Å². The second-order valence-electron chi connectivity index (χ2n) is 10.5. The van der Waals surface area contributed by atoms with Gasteiger partial charge in [0.15, 0.2) is 0 Å². The Morgan fingerprint density at radius 3 is 2.67 bits per heavy atom. The third-order valence-electron chi connectivity index (χ3n) is 7.83. The number of ether oxygens (including phenoxy) is 2. The first-order valence-electron chi connectivity index (χ1n) is 11.8. The number of nitrogens with zero attached hydrogens (tertiary/aromatic N) is 1. The number of methoxy groups -OCH3 is 1. The molecule has 0 bridgehead atoms. The van der Waals surface area contributed by atoms with Gasteiger partial charge in [-0.3, -0.25) is 9.78 Å². The van der Waals surface area contributed by atoms with Gasteiger partial charge in [-0.25, -0.2) is 0 Å². The molecular weight excluding hydrogens is 417 g/mol. The predicted octanol–water partition coefficient (Wildman–Crippen LogP) is 3.69. The zero-order chi connectivity index (χ0) is 23.4. The number of fused-ring (bicyclic) bond motifs is 2. The van der Waals surface area contributed by atoms with Crippen LogP contribution in [0.15, 0.2) is 30.5 Å². The van der Waals surface area contributed by atoms with E-state index in [-0.39, 0.29) is 30.2 Å². The second-order valence-corrected chi connectivity index (χ2v) is 10.5. The third-order valence-corrected chi connectivity index (χ3v) is 7.83. The number of hydrogen-bond donors (Lipinski definition) is 0. The van der Waals surface area contributed by atoms with Crippen LogP contribution in [-0.4, -0.2) is 43.0 Å². The average Bonchev–Trinajstić information content (AvgIpc) is 3.42. The van der Waals surface area contributed by atoms with E-state index in [1.54, 1.807) is 0 Å². The van der Waals surface area contributed by atoms with Gasteiger partial charge < -0.3 is 18.8 Å². The summed E-state index contributed by atoms with van der Waals surface area (Å²) in [6.07, 6.45) is 5.26. The van der Waals surface area contributed by atoms with E-state index < -0.39 is 0 Å². The molecule has 1 fully saturated rings. The van der Waals surface area contributed by atoms with Crippen molar-refractivity contribution < 1.29 is 23.6 Å². The van der Waals surface area contributed by atoms with E-state index in [0.717, 1.165) is 41.7 Å². The summed E-state index contributed by atoms with van der Waals surface area (Å²) in [5.74, 6) is 0.957. The number of pyridine rings is 1. The van der Waals surface area contributed by atoms with E-state index in [0.29, 0.717) is 18.9 Å². The molecule has 0 N–H and O–H groups in total. The van der Waals surface area contributed by atoms with Gasteiger partial charge in [-0.1, -0.05) is 18.2 Å². The summed E-state index contributed by atoms with van der Waals surface area (Å²) in [5.41, 5.74) is 5.23. The Morgan fingerprint density at radius 2 is 1.94 bits per heavy atom. The van der Waals surface area contributed by atoms with Gasteiger partial charge >= 0.3 is 13.1 Å². The van der Waals surface area contributed by atoms with E-state index in [1.165, 1.54) is 18.2 Å². The quantitative estimate of drug-likeness (QED) is 0.513. The number of hydrogen-bond acceptors (Lipinski definition) is 6. The van der Waals surface area contributed by atoms with Crippen LogP contribution < -0.4 is 10.2 Å². The molecule has 1 saturated heterocycles. The molecule has 2 aliphatic heterocycles. The molecular formula is C26H32BNO5. The summed E-state index contributed by atoms with van der Waals surface area (Å²) in [4.78, 5) is 16.3. The van der Waals surface area contributed by atoms with E-state index in [1.807, 2.05) is 6.20 Å². The lowest BCUT2D eigenvalue weighted by molar-refractivity contribution is -0.141. The zero-order valence-corrected chi connectivity index (χ0v) is 20.1. The SMILES string of the molecule is COC(=O)CC1COc2cc(C[C@@H]3CCc4c(B5OC(C)(C)C(C)(C)O5)cccc43)cnc21. The molecule has 7 heteroatoms. The first kappa shape index (κ1) is 22.4. The minimum Gasteiger partial charge on any atom is -0.491 e. The smallest absolute Gasteiger partial charge is 0.491 e. The Bertz CT molecular complexity index is 1070. The largest absolute Gasteiger partial charge is 0.495 e. The van der Waals surface area contributed by atoms with Gasteiger partial charge in [0.05, 0.1) is 37.0 Å². The zero-order valence-electron chi connectivity index (χ0n) is 20.1. The lowest BCUT2D eigenvalue weighted by atomic mass is 9.74. The lowest BCUT2D eigenvalue weighted by Gasteiger charge is -2.32. The maximum absolute atomic E-state index is 11.7. The Kier molecular flexibility index (Phi) is 5.53. The van der Waals surface area contributed by atoms with E-state index in [9.17, 15) is 4.79 Å². The van der Waals surface area contributed by atoms with Crippen molar-refractivity contribution in [3.63, 3.8) is 0 Å². The van der Waals surface area contributed by atoms with Gasteiger partial charge in [-0.15, -0.1) is 0 Å². The van der Waals surface area contributed by atoms with Crippen LogP contribution in [0.5, 0.6) is 5.75 Å². The topological polar surface area (TPSA) is 66.9 Å². The fraction of sp³-hybridized carbons (Fsp3) is 0.538. The predicted molar refractivity (Wildman–Crippen MR) is 126 cm³/mol. The highest BCUT2D eigenvalue weighted by atomic mass is 16.7. The molecule has 0 amide bonds. The summed E-state index contributed by atoms with van der Waals surface area (Å²) in [7, 11) is 1.08. The molecule has 0 spiro atoms. The second kappa shape index (κ2) is 8.14. The summed E-state index contributed by atoms with van der Waals surface area (Å²) >= 11 is 0. The first-order valence-corrected chi connectivity index (χ1v) is 11.8. The highest BCUT2D eigenvalue weighted by Gasteiger charge is 2.52. The number of rotatable bonds is 5. The van der Waals surface area contributed by atoms with Crippen LogP contribution >= 0.6 is 0 Å². The summed E-state index contributed by atoms with van der Waals surface area (Å²) in [6.45, 7) is 8.86. The fourth-order valence-electron chi connectivity index (χ4n) is 5.19. The van der Waals surface area contributed by atoms with Crippen molar-refractivity contribution >= 4 is 18.6 Å². The number of esters is 1. The van der Waals surface area contributed by atoms with Crippen molar-refractivity contribution in [3.05, 3.63) is 52.8 Å². The van der Waals surface area contributed by atoms with Gasteiger partial charge in [-0.05, 0) is 81.1 Å². The molecule has 1 aromatic carbocycles. The number of aromatic nitrogens is 1. The summed E-state index contributed by atoms with van der Waals surface area (Å²) in [5, 5.41) is 0. The monoisotopic (exact) mass is 449 g/mol. The van der Waals surface area contributed by atoms with Crippen LogP contribution in [0.1, 0.15) is 74.8 Å². The van der Waals surface area contributed by atoms with Crippen molar-refractivity contribution in [1.29, 1.82) is 0 Å². The number of carbonyl (C=O) groups excluding carboxylic acids is 1. The molecule has 2 aromatic rings. The lowest BCUT2D eigenvalue weighted by Crippen LogP contribution is -2.41. The first-order chi connectivity index (χ1) is 15.7. The minimum absolute atomic E-state index is 0.0313. The summed E-state index contributed by atoms with van der Waals surface area (Å²) in [6, 6.07) is 8.61. The van der Waals surface area contributed by atoms with Crippen LogP contribution in [-0.2, 0) is 31.7 Å². The maximum atomic E-state index is 11.7. The average molecular weight is 449 g/mol. The van der Waals surface area contributed by atoms with Crippen molar-refractivity contribution in [1.82, 2.24) is 4.98 Å². The molecule has 1 aliphatic carbocycles. The third kappa shape index (κ3) is 3.95. The number of benzene rings is 1. The Labute approximate surface area is 196 Å². The Hall–Kier alpha value is -2.38. The van der Waals surface area contributed by atoms with Gasteiger partial charge in [-0.2, -0.15) is 0 Å². The highest BCUT2D eigenvalue weighted by molar-refractivity contribution is 6.62. The molecule has 0 radical (unpaired) electrons. The van der Waals surface area contributed by atoms with Crippen LogP contribution in [0.4, 0.5) is 0 Å². The van der Waals surface area contributed by atoms with Crippen LogP contribution in [0, 0.1) is 0 Å². The van der Waals surface area contributed by atoms with Crippen molar-refractivity contribution in [2.45, 2.75) is 76.4 Å². The van der Waals surface area contributed by atoms with Crippen molar-refractivity contribution in [3.8, 4) is 5.75 Å². The molecule has 3 heterocycles. The van der Waals surface area contributed by atoms with E-state index >= 15 is 0 Å². The van der Waals surface area contributed by atoms with Crippen LogP contribution in [0.3, 0.4) is 0 Å². The summed E-state index contributed by atoms with van der Waals surface area (Å²) < 4.78 is 23.3. The Balaban J connectivity index is 1.34. The van der Waals surface area contributed by atoms with Gasteiger partial charge in [0.1, 0.15) is 5.75 Å². The van der Waals surface area contributed by atoms with E-state index in [2.05, 4.69) is 56.9 Å². The molecule has 5 rings (SSSR count). The normalized spacial score (nSPS) is 24.3. The maximum Gasteiger partial charge on any atom is 0.495 e. The molecule has 0 saturated carbocycles. The van der Waals surface area contributed by atoms with E-state index in [4.69, 9.17) is 18.8 Å². The standard InChI is InChI=1S/C26H32BNO5/c1-25(2)26(3,4)33-27(32-25)21-8-6-7-19-17(9-10-20(19)21)11-16-12-22-24(28-14-16)18(15-31-22)13-23(29)30-5/h6-8,12,14,17-18H,9-11,13,15H2,1-5H3/t17-,18?/m0/s1. The molecule has 1 unspecified atom stereocenters. The highest BCUT2D eigenvalue weighted by Crippen LogP contribution is 2.40. The van der Waals surface area contributed by atoms with Gasteiger partial charge in [0.2, 0.25) is 0 Å². The molecule has 3 aliphatic rings. The van der Waals surface area contributed by atoms with Gasteiger partial charge in [0, 0.05) is 12.1 Å². The number of carbonyl (C=O) groups is 1. The Morgan fingerprint density at radius 1 is 1.18 bits per heavy atom. The fourth-order valence-corrected chi connectivity index (χ4v) is 5.19. The molecule has 33 heavy (non-hydrogen) atoms. The van der Waals surface area contributed by atoms with Crippen LogP contribution in [0.2, 0.25) is 0 Å². The van der Waals surface area contributed by atoms with Gasteiger partial charge in [0.25, 0.3) is 0 Å². The molecule has 6 nitrogen and oxygen atoms in total. The van der Waals surface area contributed by atoms with Crippen molar-refractivity contribution in [2.24, 2.45) is 0 Å². The molecule has 2 atom stereocenters. The molecule has 1 aromatic heterocycles. The molecule has 174 valence electrons. The van der Waals surface area contributed by atoms with Crippen molar-refractivity contribution in [2.75, 3.05) is 13.7 Å².